The number of benzene rings is 2. The molecule has 142 valence electrons. The van der Waals surface area contributed by atoms with Gasteiger partial charge in [0.15, 0.2) is 0 Å². The van der Waals surface area contributed by atoms with E-state index in [9.17, 15) is 4.79 Å². The minimum absolute atomic E-state index is 0.111. The molecule has 4 rings (SSSR count). The number of ether oxygens (including phenoxy) is 1. The van der Waals surface area contributed by atoms with Gasteiger partial charge in [-0.3, -0.25) is 4.79 Å². The Balaban J connectivity index is 1.49. The molecule has 0 saturated heterocycles. The van der Waals surface area contributed by atoms with Crippen LogP contribution >= 0.6 is 0 Å². The Morgan fingerprint density at radius 3 is 2.75 bits per heavy atom. The zero-order valence-electron chi connectivity index (χ0n) is 16.1. The summed E-state index contributed by atoms with van der Waals surface area (Å²) in [6, 6.07) is 19.9. The number of amides is 1. The van der Waals surface area contributed by atoms with E-state index < -0.39 is 0 Å². The van der Waals surface area contributed by atoms with Crippen molar-refractivity contribution in [3.63, 3.8) is 0 Å². The lowest BCUT2D eigenvalue weighted by Crippen LogP contribution is -2.26. The molecule has 1 unspecified atom stereocenters. The number of para-hydroxylation sites is 1. The van der Waals surface area contributed by atoms with Gasteiger partial charge >= 0.3 is 0 Å². The third-order valence-electron chi connectivity index (χ3n) is 5.07. The fraction of sp³-hybridized carbons (Fsp3) is 0.217. The van der Waals surface area contributed by atoms with Crippen molar-refractivity contribution in [3.05, 3.63) is 83.6 Å². The number of nitrogens with zero attached hydrogens (tertiary/aromatic N) is 2. The van der Waals surface area contributed by atoms with Crippen molar-refractivity contribution in [1.29, 1.82) is 0 Å². The van der Waals surface area contributed by atoms with Gasteiger partial charge in [0.05, 0.1) is 7.11 Å². The molecule has 1 amide bonds. The largest absolute Gasteiger partial charge is 0.497 e. The number of hydrogen-bond acceptors (Lipinski definition) is 4. The van der Waals surface area contributed by atoms with Crippen molar-refractivity contribution in [1.82, 2.24) is 10.3 Å². The Hall–Kier alpha value is -3.34. The summed E-state index contributed by atoms with van der Waals surface area (Å²) < 4.78 is 5.16. The third kappa shape index (κ3) is 3.56. The Kier molecular flexibility index (Phi) is 4.98. The van der Waals surface area contributed by atoms with Gasteiger partial charge in [-0.15, -0.1) is 0 Å². The number of pyridine rings is 1. The first kappa shape index (κ1) is 18.0. The fourth-order valence-corrected chi connectivity index (χ4v) is 3.63. The van der Waals surface area contributed by atoms with E-state index in [0.29, 0.717) is 18.2 Å². The van der Waals surface area contributed by atoms with E-state index in [1.165, 1.54) is 11.3 Å². The van der Waals surface area contributed by atoms with Gasteiger partial charge in [0.2, 0.25) is 0 Å². The highest BCUT2D eigenvalue weighted by Gasteiger charge is 2.27. The van der Waals surface area contributed by atoms with Crippen LogP contribution in [0.3, 0.4) is 0 Å². The molecular weight excluding hydrogens is 350 g/mol. The van der Waals surface area contributed by atoms with Crippen LogP contribution in [0.5, 0.6) is 5.75 Å². The highest BCUT2D eigenvalue weighted by molar-refractivity contribution is 5.95. The molecule has 1 aromatic heterocycles. The highest BCUT2D eigenvalue weighted by atomic mass is 16.5. The molecule has 1 aliphatic heterocycles. The molecule has 0 fully saturated rings. The molecule has 5 heteroatoms. The SMILES string of the molecule is COc1ccc(CNC(=O)c2ccnc(N3c4ccccc4CC3C)c2)cc1. The molecule has 3 aromatic rings. The lowest BCUT2D eigenvalue weighted by Gasteiger charge is -2.24. The first-order chi connectivity index (χ1) is 13.7. The predicted octanol–water partition coefficient (Wildman–Crippen LogP) is 4.10. The summed E-state index contributed by atoms with van der Waals surface area (Å²) in [6.45, 7) is 2.64. The maximum absolute atomic E-state index is 12.7. The van der Waals surface area contributed by atoms with Crippen LogP contribution in [-0.4, -0.2) is 24.0 Å². The zero-order valence-corrected chi connectivity index (χ0v) is 16.1. The normalized spacial score (nSPS) is 15.2. The van der Waals surface area contributed by atoms with E-state index in [4.69, 9.17) is 4.74 Å². The number of carbonyl (C=O) groups excluding carboxylic acids is 1. The van der Waals surface area contributed by atoms with Gasteiger partial charge in [0.1, 0.15) is 11.6 Å². The second kappa shape index (κ2) is 7.72. The van der Waals surface area contributed by atoms with Gasteiger partial charge in [-0.25, -0.2) is 4.98 Å². The molecule has 0 spiro atoms. The van der Waals surface area contributed by atoms with Gasteiger partial charge in [-0.05, 0) is 54.8 Å². The predicted molar refractivity (Wildman–Crippen MR) is 110 cm³/mol. The molecule has 1 N–H and O–H groups in total. The van der Waals surface area contributed by atoms with Crippen molar-refractivity contribution in [2.24, 2.45) is 0 Å². The van der Waals surface area contributed by atoms with E-state index in [0.717, 1.165) is 23.6 Å². The summed E-state index contributed by atoms with van der Waals surface area (Å²) in [4.78, 5) is 19.4. The quantitative estimate of drug-likeness (QED) is 0.731. The second-order valence-corrected chi connectivity index (χ2v) is 6.99. The van der Waals surface area contributed by atoms with Crippen LogP contribution in [0.4, 0.5) is 11.5 Å². The Morgan fingerprint density at radius 1 is 1.18 bits per heavy atom. The topological polar surface area (TPSA) is 54.5 Å². The summed E-state index contributed by atoms with van der Waals surface area (Å²) in [5.74, 6) is 1.49. The van der Waals surface area contributed by atoms with Crippen molar-refractivity contribution in [3.8, 4) is 5.75 Å². The average Bonchev–Trinajstić information content (AvgIpc) is 3.08. The summed E-state index contributed by atoms with van der Waals surface area (Å²) in [7, 11) is 1.64. The van der Waals surface area contributed by atoms with Crippen molar-refractivity contribution in [2.75, 3.05) is 12.0 Å². The molecular formula is C23H23N3O2. The Bertz CT molecular complexity index is 985. The van der Waals surface area contributed by atoms with Gasteiger partial charge in [-0.2, -0.15) is 0 Å². The van der Waals surface area contributed by atoms with Crippen LogP contribution in [0.25, 0.3) is 0 Å². The van der Waals surface area contributed by atoms with E-state index >= 15 is 0 Å². The fourth-order valence-electron chi connectivity index (χ4n) is 3.63. The van der Waals surface area contributed by atoms with Crippen molar-refractivity contribution >= 4 is 17.4 Å². The molecule has 2 heterocycles. The number of nitrogens with one attached hydrogen (secondary N) is 1. The molecule has 5 nitrogen and oxygen atoms in total. The Morgan fingerprint density at radius 2 is 1.96 bits per heavy atom. The number of methoxy groups -OCH3 is 1. The molecule has 0 radical (unpaired) electrons. The monoisotopic (exact) mass is 373 g/mol. The number of fused-ring (bicyclic) bond motifs is 1. The maximum Gasteiger partial charge on any atom is 0.251 e. The summed E-state index contributed by atoms with van der Waals surface area (Å²) in [5.41, 5.74) is 4.10. The molecule has 1 atom stereocenters. The first-order valence-corrected chi connectivity index (χ1v) is 9.40. The zero-order chi connectivity index (χ0) is 19.5. The number of rotatable bonds is 5. The average molecular weight is 373 g/mol. The lowest BCUT2D eigenvalue weighted by atomic mass is 10.1. The van der Waals surface area contributed by atoms with Crippen LogP contribution in [0.1, 0.15) is 28.4 Å². The summed E-state index contributed by atoms with van der Waals surface area (Å²) >= 11 is 0. The minimum Gasteiger partial charge on any atom is -0.497 e. The van der Waals surface area contributed by atoms with Crippen molar-refractivity contribution < 1.29 is 9.53 Å². The van der Waals surface area contributed by atoms with E-state index in [1.807, 2.05) is 36.4 Å². The van der Waals surface area contributed by atoms with Crippen LogP contribution in [-0.2, 0) is 13.0 Å². The van der Waals surface area contributed by atoms with Gasteiger partial charge < -0.3 is 15.0 Å². The van der Waals surface area contributed by atoms with Crippen molar-refractivity contribution in [2.45, 2.75) is 25.9 Å². The summed E-state index contributed by atoms with van der Waals surface area (Å²) in [5, 5.41) is 2.97. The Labute approximate surface area is 165 Å². The molecule has 0 saturated carbocycles. The second-order valence-electron chi connectivity index (χ2n) is 6.99. The molecule has 1 aliphatic rings. The van der Waals surface area contributed by atoms with Gasteiger partial charge in [0, 0.05) is 30.0 Å². The molecule has 2 aromatic carbocycles. The van der Waals surface area contributed by atoms with E-state index in [-0.39, 0.29) is 5.91 Å². The smallest absolute Gasteiger partial charge is 0.251 e. The lowest BCUT2D eigenvalue weighted by molar-refractivity contribution is 0.0951. The number of aromatic nitrogens is 1. The maximum atomic E-state index is 12.7. The first-order valence-electron chi connectivity index (χ1n) is 9.40. The molecule has 0 bridgehead atoms. The minimum atomic E-state index is -0.111. The van der Waals surface area contributed by atoms with E-state index in [2.05, 4.69) is 40.3 Å². The molecule has 28 heavy (non-hydrogen) atoms. The third-order valence-corrected chi connectivity index (χ3v) is 5.07. The van der Waals surface area contributed by atoms with Crippen LogP contribution in [0.2, 0.25) is 0 Å². The summed E-state index contributed by atoms with van der Waals surface area (Å²) in [6.07, 6.45) is 2.68. The van der Waals surface area contributed by atoms with Crippen LogP contribution in [0.15, 0.2) is 66.9 Å². The van der Waals surface area contributed by atoms with Gasteiger partial charge in [0.25, 0.3) is 5.91 Å². The van der Waals surface area contributed by atoms with Gasteiger partial charge in [-0.1, -0.05) is 30.3 Å². The highest BCUT2D eigenvalue weighted by Crippen LogP contribution is 2.37. The van der Waals surface area contributed by atoms with Crippen LogP contribution < -0.4 is 15.0 Å². The number of anilines is 2. The van der Waals surface area contributed by atoms with Crippen LogP contribution in [0, 0.1) is 0 Å². The van der Waals surface area contributed by atoms with E-state index in [1.54, 1.807) is 19.4 Å². The number of carbonyl (C=O) groups is 1. The molecule has 0 aliphatic carbocycles. The number of hydrogen-bond donors (Lipinski definition) is 1. The standard InChI is InChI=1S/C23H23N3O2/c1-16-13-18-5-3-4-6-21(18)26(16)22-14-19(11-12-24-22)23(27)25-15-17-7-9-20(28-2)10-8-17/h3-12,14,16H,13,15H2,1-2H3,(H,25,27).